The molecule has 4 heteroatoms. The molecule has 0 aromatic heterocycles. The van der Waals surface area contributed by atoms with Crippen molar-refractivity contribution in [3.05, 3.63) is 17.7 Å². The van der Waals surface area contributed by atoms with Crippen molar-refractivity contribution in [2.24, 2.45) is 0 Å². The van der Waals surface area contributed by atoms with Gasteiger partial charge < -0.3 is 19.7 Å². The highest BCUT2D eigenvalue weighted by atomic mass is 16.5. The van der Waals surface area contributed by atoms with Crippen LogP contribution < -0.4 is 19.7 Å². The first-order valence-corrected chi connectivity index (χ1v) is 8.55. The Morgan fingerprint density at radius 3 is 2.45 bits per heavy atom. The van der Waals surface area contributed by atoms with Crippen molar-refractivity contribution >= 4 is 5.69 Å². The van der Waals surface area contributed by atoms with E-state index < -0.39 is 0 Å². The SMILES string of the molecule is COc1cc(N2CCCC2)c(OC)cc1CC1CCCCN1. The average Bonchev–Trinajstić information content (AvgIpc) is 3.09. The standard InChI is InChI=1S/C18H28N2O2/c1-21-17-13-16(20-9-5-6-10-20)18(22-2)12-14(17)11-15-7-3-4-8-19-15/h12-13,15,19H,3-11H2,1-2H3. The topological polar surface area (TPSA) is 33.7 Å². The van der Waals surface area contributed by atoms with E-state index in [2.05, 4.69) is 22.3 Å². The minimum atomic E-state index is 0.560. The molecule has 22 heavy (non-hydrogen) atoms. The second-order valence-corrected chi connectivity index (χ2v) is 6.38. The Morgan fingerprint density at radius 1 is 1.05 bits per heavy atom. The fraction of sp³-hybridized carbons (Fsp3) is 0.667. The van der Waals surface area contributed by atoms with Crippen molar-refractivity contribution in [1.82, 2.24) is 5.32 Å². The van der Waals surface area contributed by atoms with Crippen LogP contribution in [0.15, 0.2) is 12.1 Å². The van der Waals surface area contributed by atoms with Gasteiger partial charge in [0.25, 0.3) is 0 Å². The first kappa shape index (κ1) is 15.5. The molecule has 0 radical (unpaired) electrons. The fourth-order valence-corrected chi connectivity index (χ4v) is 3.67. The molecule has 0 amide bonds. The van der Waals surface area contributed by atoms with Gasteiger partial charge in [-0.05, 0) is 50.3 Å². The molecule has 0 spiro atoms. The zero-order valence-electron chi connectivity index (χ0n) is 13.9. The Labute approximate surface area is 133 Å². The van der Waals surface area contributed by atoms with Crippen LogP contribution in [0.1, 0.15) is 37.7 Å². The van der Waals surface area contributed by atoms with Crippen LogP contribution in [0.25, 0.3) is 0 Å². The molecule has 2 fully saturated rings. The molecule has 4 nitrogen and oxygen atoms in total. The summed E-state index contributed by atoms with van der Waals surface area (Å²) in [6, 6.07) is 4.91. The van der Waals surface area contributed by atoms with Crippen LogP contribution in [0, 0.1) is 0 Å². The summed E-state index contributed by atoms with van der Waals surface area (Å²) >= 11 is 0. The van der Waals surface area contributed by atoms with E-state index in [4.69, 9.17) is 9.47 Å². The molecule has 1 aromatic carbocycles. The maximum Gasteiger partial charge on any atom is 0.142 e. The van der Waals surface area contributed by atoms with Gasteiger partial charge >= 0.3 is 0 Å². The number of hydrogen-bond acceptors (Lipinski definition) is 4. The number of anilines is 1. The van der Waals surface area contributed by atoms with Crippen molar-refractivity contribution < 1.29 is 9.47 Å². The molecule has 1 atom stereocenters. The molecule has 0 saturated carbocycles. The van der Waals surface area contributed by atoms with Crippen LogP contribution in [-0.4, -0.2) is 39.9 Å². The van der Waals surface area contributed by atoms with Crippen molar-refractivity contribution in [2.45, 2.75) is 44.6 Å². The molecule has 0 aliphatic carbocycles. The van der Waals surface area contributed by atoms with Gasteiger partial charge in [0.1, 0.15) is 11.5 Å². The number of rotatable bonds is 5. The predicted octanol–water partition coefficient (Wildman–Crippen LogP) is 2.99. The molecule has 2 saturated heterocycles. The van der Waals surface area contributed by atoms with Gasteiger partial charge in [-0.1, -0.05) is 6.42 Å². The van der Waals surface area contributed by atoms with E-state index in [-0.39, 0.29) is 0 Å². The molecule has 3 rings (SSSR count). The number of hydrogen-bond donors (Lipinski definition) is 1. The van der Waals surface area contributed by atoms with E-state index in [1.54, 1.807) is 14.2 Å². The summed E-state index contributed by atoms with van der Waals surface area (Å²) in [6.45, 7) is 3.36. The zero-order valence-corrected chi connectivity index (χ0v) is 13.9. The number of piperidine rings is 1. The van der Waals surface area contributed by atoms with Gasteiger partial charge in [0, 0.05) is 25.2 Å². The monoisotopic (exact) mass is 304 g/mol. The molecular formula is C18H28N2O2. The summed E-state index contributed by atoms with van der Waals surface area (Å²) in [7, 11) is 3.54. The van der Waals surface area contributed by atoms with Gasteiger partial charge in [0.15, 0.2) is 0 Å². The van der Waals surface area contributed by atoms with Gasteiger partial charge in [0.2, 0.25) is 0 Å². The Morgan fingerprint density at radius 2 is 1.82 bits per heavy atom. The molecule has 0 bridgehead atoms. The van der Waals surface area contributed by atoms with E-state index in [1.165, 1.54) is 43.4 Å². The first-order valence-electron chi connectivity index (χ1n) is 8.55. The van der Waals surface area contributed by atoms with Gasteiger partial charge in [-0.2, -0.15) is 0 Å². The van der Waals surface area contributed by atoms with E-state index in [1.807, 2.05) is 0 Å². The Kier molecular flexibility index (Phi) is 5.08. The van der Waals surface area contributed by atoms with Crippen LogP contribution in [-0.2, 0) is 6.42 Å². The maximum absolute atomic E-state index is 5.68. The first-order chi connectivity index (χ1) is 10.8. The Bertz CT molecular complexity index is 492. The predicted molar refractivity (Wildman–Crippen MR) is 90.3 cm³/mol. The van der Waals surface area contributed by atoms with E-state index in [9.17, 15) is 0 Å². The number of nitrogens with one attached hydrogen (secondary N) is 1. The summed E-state index contributed by atoms with van der Waals surface area (Å²) in [6.07, 6.45) is 7.41. The molecule has 2 aliphatic rings. The number of ether oxygens (including phenoxy) is 2. The minimum Gasteiger partial charge on any atom is -0.496 e. The molecule has 122 valence electrons. The van der Waals surface area contributed by atoms with Crippen LogP contribution in [0.5, 0.6) is 11.5 Å². The van der Waals surface area contributed by atoms with Gasteiger partial charge in [-0.15, -0.1) is 0 Å². The van der Waals surface area contributed by atoms with Gasteiger partial charge in [-0.25, -0.2) is 0 Å². The van der Waals surface area contributed by atoms with E-state index in [0.29, 0.717) is 6.04 Å². The number of nitrogens with zero attached hydrogens (tertiary/aromatic N) is 1. The summed E-state index contributed by atoms with van der Waals surface area (Å²) < 4.78 is 11.3. The van der Waals surface area contributed by atoms with Gasteiger partial charge in [0.05, 0.1) is 19.9 Å². The van der Waals surface area contributed by atoms with Crippen molar-refractivity contribution in [1.29, 1.82) is 0 Å². The largest absolute Gasteiger partial charge is 0.496 e. The van der Waals surface area contributed by atoms with Crippen LogP contribution in [0.3, 0.4) is 0 Å². The smallest absolute Gasteiger partial charge is 0.142 e. The zero-order chi connectivity index (χ0) is 15.4. The van der Waals surface area contributed by atoms with E-state index in [0.717, 1.165) is 37.6 Å². The van der Waals surface area contributed by atoms with Crippen LogP contribution in [0.4, 0.5) is 5.69 Å². The normalized spacial score (nSPS) is 21.9. The van der Waals surface area contributed by atoms with Gasteiger partial charge in [-0.3, -0.25) is 0 Å². The van der Waals surface area contributed by atoms with Crippen molar-refractivity contribution in [3.8, 4) is 11.5 Å². The molecule has 1 N–H and O–H groups in total. The summed E-state index contributed by atoms with van der Waals surface area (Å²) in [4.78, 5) is 2.41. The summed E-state index contributed by atoms with van der Waals surface area (Å²) in [5.41, 5.74) is 2.43. The molecule has 1 unspecified atom stereocenters. The highest BCUT2D eigenvalue weighted by Gasteiger charge is 2.21. The quantitative estimate of drug-likeness (QED) is 0.907. The second-order valence-electron chi connectivity index (χ2n) is 6.38. The molecule has 2 aliphatic heterocycles. The van der Waals surface area contributed by atoms with Crippen molar-refractivity contribution in [3.63, 3.8) is 0 Å². The maximum atomic E-state index is 5.68. The Hall–Kier alpha value is -1.42. The highest BCUT2D eigenvalue weighted by molar-refractivity contribution is 5.64. The number of benzene rings is 1. The molecule has 2 heterocycles. The third kappa shape index (κ3) is 3.32. The lowest BCUT2D eigenvalue weighted by Gasteiger charge is -2.26. The van der Waals surface area contributed by atoms with Crippen molar-refractivity contribution in [2.75, 3.05) is 38.8 Å². The van der Waals surface area contributed by atoms with Crippen LogP contribution >= 0.6 is 0 Å². The second kappa shape index (κ2) is 7.23. The lowest BCUT2D eigenvalue weighted by Crippen LogP contribution is -2.35. The Balaban J connectivity index is 1.85. The summed E-state index contributed by atoms with van der Waals surface area (Å²) in [5.74, 6) is 1.98. The lowest BCUT2D eigenvalue weighted by molar-refractivity contribution is 0.377. The van der Waals surface area contributed by atoms with Crippen LogP contribution in [0.2, 0.25) is 0 Å². The molecular weight excluding hydrogens is 276 g/mol. The molecule has 1 aromatic rings. The highest BCUT2D eigenvalue weighted by Crippen LogP contribution is 2.37. The fourth-order valence-electron chi connectivity index (χ4n) is 3.67. The average molecular weight is 304 g/mol. The lowest BCUT2D eigenvalue weighted by atomic mass is 9.96. The number of methoxy groups -OCH3 is 2. The van der Waals surface area contributed by atoms with E-state index >= 15 is 0 Å². The minimum absolute atomic E-state index is 0.560. The third-order valence-corrected chi connectivity index (χ3v) is 4.91. The third-order valence-electron chi connectivity index (χ3n) is 4.91. The summed E-state index contributed by atoms with van der Waals surface area (Å²) in [5, 5.41) is 3.62.